The van der Waals surface area contributed by atoms with Gasteiger partial charge in [0.25, 0.3) is 5.91 Å². The normalized spacial score (nSPS) is 18.3. The van der Waals surface area contributed by atoms with E-state index < -0.39 is 0 Å². The van der Waals surface area contributed by atoms with Crippen LogP contribution in [0.1, 0.15) is 95.0 Å². The number of furan rings is 1. The smallest absolute Gasteiger partial charge is 0.289 e. The molecular formula is C33H40N2O3. The first-order valence-electron chi connectivity index (χ1n) is 13.8. The molecule has 1 fully saturated rings. The number of hydrogen-bond donors (Lipinski definition) is 0. The van der Waals surface area contributed by atoms with E-state index in [4.69, 9.17) is 4.42 Å². The molecule has 0 spiro atoms. The fourth-order valence-corrected chi connectivity index (χ4v) is 6.04. The summed E-state index contributed by atoms with van der Waals surface area (Å²) < 4.78 is 5.90. The summed E-state index contributed by atoms with van der Waals surface area (Å²) in [4.78, 5) is 31.0. The molecule has 200 valence electrons. The molecule has 38 heavy (non-hydrogen) atoms. The minimum atomic E-state index is -0.164. The zero-order valence-electron chi connectivity index (χ0n) is 23.9. The Balaban J connectivity index is 1.32. The molecule has 0 radical (unpaired) electrons. The van der Waals surface area contributed by atoms with Crippen LogP contribution in [0.2, 0.25) is 0 Å². The summed E-state index contributed by atoms with van der Waals surface area (Å²) in [5, 5.41) is 0. The highest BCUT2D eigenvalue weighted by molar-refractivity contribution is 6.09. The molecule has 0 saturated carbocycles. The third-order valence-electron chi connectivity index (χ3n) is 8.76. The van der Waals surface area contributed by atoms with Crippen LogP contribution in [-0.4, -0.2) is 42.8 Å². The number of ketones is 1. The molecule has 3 aromatic rings. The number of benzene rings is 2. The van der Waals surface area contributed by atoms with Crippen LogP contribution < -0.4 is 4.90 Å². The van der Waals surface area contributed by atoms with Crippen molar-refractivity contribution >= 4 is 17.4 Å². The first-order chi connectivity index (χ1) is 17.9. The number of nitrogens with zero attached hydrogens (tertiary/aromatic N) is 2. The molecule has 2 aliphatic rings. The van der Waals surface area contributed by atoms with Crippen molar-refractivity contribution in [1.29, 1.82) is 0 Å². The van der Waals surface area contributed by atoms with Crippen LogP contribution in [0.15, 0.2) is 46.9 Å². The summed E-state index contributed by atoms with van der Waals surface area (Å²) in [6.07, 6.45) is 2.21. The zero-order valence-corrected chi connectivity index (χ0v) is 23.9. The van der Waals surface area contributed by atoms with Gasteiger partial charge in [-0.3, -0.25) is 9.59 Å². The molecular weight excluding hydrogens is 472 g/mol. The predicted molar refractivity (Wildman–Crippen MR) is 153 cm³/mol. The Labute approximate surface area is 226 Å². The molecule has 0 atom stereocenters. The lowest BCUT2D eigenvalue weighted by atomic mass is 9.62. The monoisotopic (exact) mass is 512 g/mol. The average molecular weight is 513 g/mol. The van der Waals surface area contributed by atoms with Gasteiger partial charge in [-0.15, -0.1) is 0 Å². The number of piperazine rings is 1. The summed E-state index contributed by atoms with van der Waals surface area (Å²) >= 11 is 0. The second-order valence-electron chi connectivity index (χ2n) is 12.5. The quantitative estimate of drug-likeness (QED) is 0.363. The standard InChI is InChI=1S/C33H40N2O3/c1-21-8-9-22(2)27(18-21)34-14-16-35(17-15-34)31(37)29-11-10-28(38-29)30(36)24-20-26-25(19-23(24)3)32(4,5)12-13-33(26,6)7/h8-11,18-20H,12-17H2,1-7H3. The minimum absolute atomic E-state index is 0.0109. The lowest BCUT2D eigenvalue weighted by molar-refractivity contribution is 0.0712. The number of fused-ring (bicyclic) bond motifs is 1. The maximum Gasteiger partial charge on any atom is 0.289 e. The Kier molecular flexibility index (Phi) is 6.53. The summed E-state index contributed by atoms with van der Waals surface area (Å²) in [6, 6.07) is 14.0. The molecule has 1 aromatic heterocycles. The SMILES string of the molecule is Cc1ccc(C)c(N2CCN(C(=O)c3ccc(C(=O)c4cc5c(cc4C)C(C)(C)CCC5(C)C)o3)CC2)c1. The van der Waals surface area contributed by atoms with Crippen molar-refractivity contribution in [2.75, 3.05) is 31.1 Å². The zero-order chi connectivity index (χ0) is 27.4. The van der Waals surface area contributed by atoms with E-state index in [0.717, 1.165) is 31.5 Å². The highest BCUT2D eigenvalue weighted by Crippen LogP contribution is 2.46. The van der Waals surface area contributed by atoms with Gasteiger partial charge in [0.2, 0.25) is 5.78 Å². The van der Waals surface area contributed by atoms with E-state index in [9.17, 15) is 9.59 Å². The third-order valence-corrected chi connectivity index (χ3v) is 8.76. The Bertz CT molecular complexity index is 1400. The summed E-state index contributed by atoms with van der Waals surface area (Å²) in [5.74, 6) is 0.127. The van der Waals surface area contributed by atoms with Gasteiger partial charge >= 0.3 is 0 Å². The van der Waals surface area contributed by atoms with Crippen LogP contribution in [-0.2, 0) is 10.8 Å². The van der Waals surface area contributed by atoms with Crippen LogP contribution in [0.25, 0.3) is 0 Å². The first-order valence-corrected chi connectivity index (χ1v) is 13.8. The van der Waals surface area contributed by atoms with E-state index in [1.165, 1.54) is 27.9 Å². The van der Waals surface area contributed by atoms with Gasteiger partial charge in [0.05, 0.1) is 0 Å². The minimum Gasteiger partial charge on any atom is -0.447 e. The second kappa shape index (κ2) is 9.44. The number of hydrogen-bond acceptors (Lipinski definition) is 4. The largest absolute Gasteiger partial charge is 0.447 e. The highest BCUT2D eigenvalue weighted by atomic mass is 16.4. The van der Waals surface area contributed by atoms with Gasteiger partial charge in [-0.25, -0.2) is 0 Å². The van der Waals surface area contributed by atoms with E-state index in [0.29, 0.717) is 18.7 Å². The molecule has 0 unspecified atom stereocenters. The van der Waals surface area contributed by atoms with Crippen molar-refractivity contribution in [2.45, 2.75) is 72.1 Å². The Morgan fingerprint density at radius 1 is 0.737 bits per heavy atom. The average Bonchev–Trinajstić information content (AvgIpc) is 3.38. The fraction of sp³-hybridized carbons (Fsp3) is 0.455. The Morgan fingerprint density at radius 2 is 1.34 bits per heavy atom. The van der Waals surface area contributed by atoms with Crippen molar-refractivity contribution in [3.8, 4) is 0 Å². The first kappa shape index (κ1) is 26.3. The molecule has 5 heteroatoms. The summed E-state index contributed by atoms with van der Waals surface area (Å²) in [6.45, 7) is 18.1. The number of rotatable bonds is 4. The van der Waals surface area contributed by atoms with E-state index in [1.807, 2.05) is 11.8 Å². The number of carbonyl (C=O) groups excluding carboxylic acids is 2. The topological polar surface area (TPSA) is 53.8 Å². The number of amides is 1. The molecule has 1 aliphatic carbocycles. The highest BCUT2D eigenvalue weighted by Gasteiger charge is 2.38. The molecule has 5 rings (SSSR count). The third kappa shape index (κ3) is 4.68. The van der Waals surface area contributed by atoms with Gasteiger partial charge in [0.15, 0.2) is 11.5 Å². The Hall–Kier alpha value is -3.34. The van der Waals surface area contributed by atoms with Gasteiger partial charge in [0, 0.05) is 37.4 Å². The van der Waals surface area contributed by atoms with E-state index >= 15 is 0 Å². The molecule has 1 amide bonds. The van der Waals surface area contributed by atoms with Gasteiger partial charge in [-0.05, 0) is 96.5 Å². The van der Waals surface area contributed by atoms with Gasteiger partial charge in [0.1, 0.15) is 0 Å². The van der Waals surface area contributed by atoms with E-state index in [1.54, 1.807) is 12.1 Å². The molecule has 2 heterocycles. The lowest BCUT2D eigenvalue weighted by Crippen LogP contribution is -2.49. The van der Waals surface area contributed by atoms with Crippen LogP contribution in [0.3, 0.4) is 0 Å². The van der Waals surface area contributed by atoms with Gasteiger partial charge in [-0.2, -0.15) is 0 Å². The maximum atomic E-state index is 13.6. The Morgan fingerprint density at radius 3 is 2.00 bits per heavy atom. The van der Waals surface area contributed by atoms with Crippen LogP contribution in [0.5, 0.6) is 0 Å². The predicted octanol–water partition coefficient (Wildman–Crippen LogP) is 6.75. The van der Waals surface area contributed by atoms with Crippen LogP contribution >= 0.6 is 0 Å². The van der Waals surface area contributed by atoms with E-state index in [2.05, 4.69) is 76.8 Å². The molecule has 0 N–H and O–H groups in total. The van der Waals surface area contributed by atoms with Crippen molar-refractivity contribution < 1.29 is 14.0 Å². The van der Waals surface area contributed by atoms with Crippen molar-refractivity contribution in [3.63, 3.8) is 0 Å². The van der Waals surface area contributed by atoms with Crippen molar-refractivity contribution in [3.05, 3.63) is 87.4 Å². The molecule has 5 nitrogen and oxygen atoms in total. The van der Waals surface area contributed by atoms with Gasteiger partial charge < -0.3 is 14.2 Å². The fourth-order valence-electron chi connectivity index (χ4n) is 6.04. The maximum absolute atomic E-state index is 13.6. The molecule has 1 saturated heterocycles. The van der Waals surface area contributed by atoms with Crippen molar-refractivity contribution in [2.24, 2.45) is 0 Å². The van der Waals surface area contributed by atoms with Crippen LogP contribution in [0.4, 0.5) is 5.69 Å². The molecule has 2 aromatic carbocycles. The summed E-state index contributed by atoms with van der Waals surface area (Å²) in [5.41, 5.74) is 7.99. The van der Waals surface area contributed by atoms with E-state index in [-0.39, 0.29) is 34.0 Å². The lowest BCUT2D eigenvalue weighted by Gasteiger charge is -2.42. The van der Waals surface area contributed by atoms with Crippen LogP contribution in [0, 0.1) is 20.8 Å². The number of anilines is 1. The molecule has 1 aliphatic heterocycles. The summed E-state index contributed by atoms with van der Waals surface area (Å²) in [7, 11) is 0. The van der Waals surface area contributed by atoms with Gasteiger partial charge in [-0.1, -0.05) is 45.9 Å². The molecule has 0 bridgehead atoms. The number of carbonyl (C=O) groups is 2. The van der Waals surface area contributed by atoms with Crippen molar-refractivity contribution in [1.82, 2.24) is 4.90 Å². The second-order valence-corrected chi connectivity index (χ2v) is 12.5. The number of aryl methyl sites for hydroxylation is 3.